The summed E-state index contributed by atoms with van der Waals surface area (Å²) in [5, 5.41) is 23.1. The number of non-ortho nitro benzene ring substituents is 1. The first-order valence-electron chi connectivity index (χ1n) is 8.61. The number of aliphatic hydroxyl groups is 1. The van der Waals surface area contributed by atoms with E-state index in [0.29, 0.717) is 11.1 Å². The van der Waals surface area contributed by atoms with E-state index >= 15 is 0 Å². The fourth-order valence-electron chi connectivity index (χ4n) is 3.20. The average molecular weight is 391 g/mol. The van der Waals surface area contributed by atoms with E-state index in [2.05, 4.69) is 0 Å². The first-order chi connectivity index (χ1) is 13.5. The molecule has 6 heteroatoms. The maximum Gasteiger partial charge on any atom is 0.270 e. The van der Waals surface area contributed by atoms with E-state index in [-0.39, 0.29) is 10.7 Å². The molecule has 5 nitrogen and oxygen atoms in total. The molecule has 0 radical (unpaired) electrons. The second kappa shape index (κ2) is 7.38. The minimum atomic E-state index is -1.04. The van der Waals surface area contributed by atoms with Gasteiger partial charge in [0.2, 0.25) is 0 Å². The van der Waals surface area contributed by atoms with E-state index in [4.69, 9.17) is 16.6 Å². The Labute approximate surface area is 166 Å². The van der Waals surface area contributed by atoms with Gasteiger partial charge in [-0.05, 0) is 23.8 Å². The summed E-state index contributed by atoms with van der Waals surface area (Å²) in [6.45, 7) is 0. The standard InChI is InChI=1S/C22H15ClN2O3/c23-19-13-15(25(27)28)10-11-18(19)22(26)17-7-3-2-6-16(17)21-12-9-14-5-1-4-8-20(14)24-21/h1-13,22,26H/t22-/m0/s1. The Morgan fingerprint density at radius 1 is 0.929 bits per heavy atom. The van der Waals surface area contributed by atoms with E-state index in [1.54, 1.807) is 6.07 Å². The first-order valence-corrected chi connectivity index (χ1v) is 8.99. The van der Waals surface area contributed by atoms with Crippen molar-refractivity contribution in [3.8, 4) is 11.3 Å². The quantitative estimate of drug-likeness (QED) is 0.366. The zero-order valence-corrected chi connectivity index (χ0v) is 15.4. The van der Waals surface area contributed by atoms with Crippen LogP contribution in [0.4, 0.5) is 5.69 Å². The second-order valence-electron chi connectivity index (χ2n) is 6.34. The zero-order valence-electron chi connectivity index (χ0n) is 14.6. The van der Waals surface area contributed by atoms with Crippen molar-refractivity contribution in [1.29, 1.82) is 0 Å². The number of fused-ring (bicyclic) bond motifs is 1. The number of halogens is 1. The number of nitro groups is 1. The Hall–Kier alpha value is -3.28. The smallest absolute Gasteiger partial charge is 0.270 e. The van der Waals surface area contributed by atoms with Crippen LogP contribution in [0.25, 0.3) is 22.2 Å². The van der Waals surface area contributed by atoms with Crippen LogP contribution in [0.15, 0.2) is 78.9 Å². The van der Waals surface area contributed by atoms with Crippen LogP contribution in [-0.2, 0) is 0 Å². The number of hydrogen-bond donors (Lipinski definition) is 1. The van der Waals surface area contributed by atoms with Gasteiger partial charge in [-0.1, -0.05) is 60.1 Å². The molecular weight excluding hydrogens is 376 g/mol. The number of rotatable bonds is 4. The normalized spacial score (nSPS) is 12.1. The van der Waals surface area contributed by atoms with Crippen molar-refractivity contribution < 1.29 is 10.0 Å². The molecule has 0 aliphatic carbocycles. The fourth-order valence-corrected chi connectivity index (χ4v) is 3.48. The number of aliphatic hydroxyl groups excluding tert-OH is 1. The van der Waals surface area contributed by atoms with Gasteiger partial charge in [-0.25, -0.2) is 4.98 Å². The molecule has 4 aromatic rings. The molecule has 3 aromatic carbocycles. The van der Waals surface area contributed by atoms with Crippen molar-refractivity contribution >= 4 is 28.2 Å². The molecule has 0 unspecified atom stereocenters. The van der Waals surface area contributed by atoms with Gasteiger partial charge in [0.1, 0.15) is 6.10 Å². The van der Waals surface area contributed by atoms with Crippen molar-refractivity contribution in [2.45, 2.75) is 6.10 Å². The fraction of sp³-hybridized carbons (Fsp3) is 0.0455. The Balaban J connectivity index is 1.80. The summed E-state index contributed by atoms with van der Waals surface area (Å²) in [5.41, 5.74) is 3.27. The monoisotopic (exact) mass is 390 g/mol. The molecule has 0 aliphatic heterocycles. The lowest BCUT2D eigenvalue weighted by atomic mass is 9.94. The van der Waals surface area contributed by atoms with Gasteiger partial charge in [-0.15, -0.1) is 0 Å². The summed E-state index contributed by atoms with van der Waals surface area (Å²) in [6, 6.07) is 23.1. The summed E-state index contributed by atoms with van der Waals surface area (Å²) < 4.78 is 0. The summed E-state index contributed by atoms with van der Waals surface area (Å²) in [6.07, 6.45) is -1.04. The van der Waals surface area contributed by atoms with Gasteiger partial charge in [-0.2, -0.15) is 0 Å². The highest BCUT2D eigenvalue weighted by Crippen LogP contribution is 2.35. The number of nitrogens with zero attached hydrogens (tertiary/aromatic N) is 2. The van der Waals surface area contributed by atoms with Gasteiger partial charge in [0.25, 0.3) is 5.69 Å². The molecule has 0 spiro atoms. The highest BCUT2D eigenvalue weighted by atomic mass is 35.5. The van der Waals surface area contributed by atoms with Gasteiger partial charge < -0.3 is 5.11 Å². The summed E-state index contributed by atoms with van der Waals surface area (Å²) >= 11 is 6.21. The van der Waals surface area contributed by atoms with Gasteiger partial charge in [0.15, 0.2) is 0 Å². The molecule has 0 bridgehead atoms. The highest BCUT2D eigenvalue weighted by molar-refractivity contribution is 6.31. The maximum atomic E-state index is 11.0. The van der Waals surface area contributed by atoms with Crippen LogP contribution in [0.5, 0.6) is 0 Å². The summed E-state index contributed by atoms with van der Waals surface area (Å²) in [4.78, 5) is 15.1. The van der Waals surface area contributed by atoms with E-state index < -0.39 is 11.0 Å². The van der Waals surface area contributed by atoms with Crippen molar-refractivity contribution in [3.05, 3.63) is 105 Å². The third-order valence-electron chi connectivity index (χ3n) is 4.62. The lowest BCUT2D eigenvalue weighted by Crippen LogP contribution is -2.04. The molecule has 4 rings (SSSR count). The van der Waals surface area contributed by atoms with E-state index in [0.717, 1.165) is 22.2 Å². The molecule has 1 heterocycles. The lowest BCUT2D eigenvalue weighted by molar-refractivity contribution is -0.384. The Bertz CT molecular complexity index is 1190. The van der Waals surface area contributed by atoms with Gasteiger partial charge in [0, 0.05) is 28.6 Å². The van der Waals surface area contributed by atoms with Crippen LogP contribution >= 0.6 is 11.6 Å². The number of nitro benzene ring substituents is 1. The number of benzene rings is 3. The molecule has 0 aliphatic rings. The second-order valence-corrected chi connectivity index (χ2v) is 6.75. The summed E-state index contributed by atoms with van der Waals surface area (Å²) in [7, 11) is 0. The van der Waals surface area contributed by atoms with Crippen LogP contribution in [0.3, 0.4) is 0 Å². The minimum absolute atomic E-state index is 0.120. The zero-order chi connectivity index (χ0) is 19.7. The van der Waals surface area contributed by atoms with E-state index in [9.17, 15) is 15.2 Å². The summed E-state index contributed by atoms with van der Waals surface area (Å²) in [5.74, 6) is 0. The van der Waals surface area contributed by atoms with Crippen molar-refractivity contribution in [1.82, 2.24) is 4.98 Å². The van der Waals surface area contributed by atoms with Crippen LogP contribution in [0.2, 0.25) is 5.02 Å². The molecule has 1 N–H and O–H groups in total. The number of aromatic nitrogens is 1. The van der Waals surface area contributed by atoms with E-state index in [1.165, 1.54) is 18.2 Å². The lowest BCUT2D eigenvalue weighted by Gasteiger charge is -2.17. The predicted octanol–water partition coefficient (Wildman–Crippen LogP) is 5.55. The van der Waals surface area contributed by atoms with Crippen molar-refractivity contribution in [2.75, 3.05) is 0 Å². The van der Waals surface area contributed by atoms with Gasteiger partial charge in [0.05, 0.1) is 21.2 Å². The molecule has 0 fully saturated rings. The topological polar surface area (TPSA) is 76.3 Å². The molecule has 0 saturated heterocycles. The van der Waals surface area contributed by atoms with Gasteiger partial charge >= 0.3 is 0 Å². The van der Waals surface area contributed by atoms with E-state index in [1.807, 2.05) is 54.6 Å². The molecule has 28 heavy (non-hydrogen) atoms. The Morgan fingerprint density at radius 2 is 1.68 bits per heavy atom. The van der Waals surface area contributed by atoms with Crippen LogP contribution in [0.1, 0.15) is 17.2 Å². The van der Waals surface area contributed by atoms with Gasteiger partial charge in [-0.3, -0.25) is 10.1 Å². The minimum Gasteiger partial charge on any atom is -0.384 e. The molecule has 0 amide bonds. The first kappa shape index (κ1) is 18.1. The third kappa shape index (κ3) is 3.33. The van der Waals surface area contributed by atoms with Crippen LogP contribution in [0, 0.1) is 10.1 Å². The number of para-hydroxylation sites is 1. The van der Waals surface area contributed by atoms with Crippen molar-refractivity contribution in [2.24, 2.45) is 0 Å². The molecule has 1 atom stereocenters. The predicted molar refractivity (Wildman–Crippen MR) is 109 cm³/mol. The van der Waals surface area contributed by atoms with Crippen LogP contribution in [-0.4, -0.2) is 15.0 Å². The molecule has 138 valence electrons. The SMILES string of the molecule is O=[N+]([O-])c1ccc([C@@H](O)c2ccccc2-c2ccc3ccccc3n2)c(Cl)c1. The molecular formula is C22H15ClN2O3. The number of pyridine rings is 1. The largest absolute Gasteiger partial charge is 0.384 e. The highest BCUT2D eigenvalue weighted by Gasteiger charge is 2.20. The van der Waals surface area contributed by atoms with Crippen LogP contribution < -0.4 is 0 Å². The maximum absolute atomic E-state index is 11.0. The molecule has 1 aromatic heterocycles. The third-order valence-corrected chi connectivity index (χ3v) is 4.95. The van der Waals surface area contributed by atoms with Crippen molar-refractivity contribution in [3.63, 3.8) is 0 Å². The average Bonchev–Trinajstić information content (AvgIpc) is 2.72. The number of hydrogen-bond acceptors (Lipinski definition) is 4. The Morgan fingerprint density at radius 3 is 2.46 bits per heavy atom. The Kier molecular flexibility index (Phi) is 4.77. The molecule has 0 saturated carbocycles.